The van der Waals surface area contributed by atoms with E-state index in [0.29, 0.717) is 12.2 Å². The Kier molecular flexibility index (Phi) is 7.02. The van der Waals surface area contributed by atoms with Gasteiger partial charge in [-0.25, -0.2) is 4.79 Å². The average Bonchev–Trinajstić information content (AvgIpc) is 2.65. The van der Waals surface area contributed by atoms with Crippen molar-refractivity contribution in [3.63, 3.8) is 0 Å². The number of carbonyl (C=O) groups is 2. The number of carbonyl (C=O) groups excluding carboxylic acids is 2. The van der Waals surface area contributed by atoms with Crippen LogP contribution in [0.5, 0.6) is 5.75 Å². The van der Waals surface area contributed by atoms with Gasteiger partial charge in [-0.2, -0.15) is 0 Å². The van der Waals surface area contributed by atoms with E-state index in [1.807, 2.05) is 56.3 Å². The van der Waals surface area contributed by atoms with Crippen molar-refractivity contribution in [3.05, 3.63) is 60.2 Å². The van der Waals surface area contributed by atoms with E-state index < -0.39 is 12.1 Å². The summed E-state index contributed by atoms with van der Waals surface area (Å²) in [6.45, 7) is 4.16. The zero-order chi connectivity index (χ0) is 18.9. The number of amides is 3. The molecule has 6 heteroatoms. The van der Waals surface area contributed by atoms with Crippen molar-refractivity contribution < 1.29 is 14.3 Å². The highest BCUT2D eigenvalue weighted by atomic mass is 16.5. The molecule has 0 saturated heterocycles. The molecule has 1 atom stereocenters. The zero-order valence-corrected chi connectivity index (χ0v) is 15.3. The molecule has 138 valence electrons. The second-order valence-electron chi connectivity index (χ2n) is 6.25. The molecule has 2 rings (SSSR count). The summed E-state index contributed by atoms with van der Waals surface area (Å²) in [4.78, 5) is 24.7. The first kappa shape index (κ1) is 19.3. The lowest BCUT2D eigenvalue weighted by molar-refractivity contribution is -0.124. The molecule has 26 heavy (non-hydrogen) atoms. The fourth-order valence-electron chi connectivity index (χ4n) is 2.41. The number of nitrogens with one attached hydrogen (secondary N) is 3. The number of rotatable bonds is 7. The molecular formula is C20H25N3O3. The second-order valence-corrected chi connectivity index (χ2v) is 6.25. The van der Waals surface area contributed by atoms with Gasteiger partial charge in [0.15, 0.2) is 0 Å². The maximum atomic E-state index is 12.5. The maximum absolute atomic E-state index is 12.5. The first-order chi connectivity index (χ1) is 12.5. The Bertz CT molecular complexity index is 715. The van der Waals surface area contributed by atoms with Crippen LogP contribution in [0.1, 0.15) is 19.4 Å². The van der Waals surface area contributed by atoms with Gasteiger partial charge in [0.1, 0.15) is 11.8 Å². The van der Waals surface area contributed by atoms with Crippen molar-refractivity contribution in [2.24, 2.45) is 5.92 Å². The number of anilines is 1. The summed E-state index contributed by atoms with van der Waals surface area (Å²) in [5.74, 6) is 0.491. The Morgan fingerprint density at radius 2 is 1.65 bits per heavy atom. The topological polar surface area (TPSA) is 79.5 Å². The number of ether oxygens (including phenoxy) is 1. The summed E-state index contributed by atoms with van der Waals surface area (Å²) in [5.41, 5.74) is 1.63. The average molecular weight is 355 g/mol. The van der Waals surface area contributed by atoms with Crippen LogP contribution in [0.25, 0.3) is 0 Å². The van der Waals surface area contributed by atoms with Gasteiger partial charge < -0.3 is 20.7 Å². The van der Waals surface area contributed by atoms with Crippen LogP contribution in [0.3, 0.4) is 0 Å². The van der Waals surface area contributed by atoms with E-state index in [1.54, 1.807) is 19.2 Å². The number of methoxy groups -OCH3 is 1. The van der Waals surface area contributed by atoms with E-state index in [1.165, 1.54) is 0 Å². The van der Waals surface area contributed by atoms with E-state index in [2.05, 4.69) is 16.0 Å². The van der Waals surface area contributed by atoms with Gasteiger partial charge in [0.05, 0.1) is 7.11 Å². The van der Waals surface area contributed by atoms with Crippen LogP contribution >= 0.6 is 0 Å². The number of hydrogen-bond donors (Lipinski definition) is 3. The van der Waals surface area contributed by atoms with Gasteiger partial charge in [0.25, 0.3) is 0 Å². The van der Waals surface area contributed by atoms with Gasteiger partial charge >= 0.3 is 6.03 Å². The second kappa shape index (κ2) is 9.46. The van der Waals surface area contributed by atoms with Crippen LogP contribution in [0.2, 0.25) is 0 Å². The highest BCUT2D eigenvalue weighted by molar-refractivity contribution is 5.93. The highest BCUT2D eigenvalue weighted by Crippen LogP contribution is 2.11. The summed E-state index contributed by atoms with van der Waals surface area (Å²) < 4.78 is 5.12. The van der Waals surface area contributed by atoms with Gasteiger partial charge in [-0.1, -0.05) is 44.2 Å². The summed E-state index contributed by atoms with van der Waals surface area (Å²) in [5, 5.41) is 8.33. The minimum atomic E-state index is -0.628. The molecule has 0 aromatic heterocycles. The minimum Gasteiger partial charge on any atom is -0.497 e. The van der Waals surface area contributed by atoms with Crippen molar-refractivity contribution in [3.8, 4) is 5.75 Å². The lowest BCUT2D eigenvalue weighted by atomic mass is 10.0. The summed E-state index contributed by atoms with van der Waals surface area (Å²) >= 11 is 0. The quantitative estimate of drug-likeness (QED) is 0.714. The fourth-order valence-corrected chi connectivity index (χ4v) is 2.41. The van der Waals surface area contributed by atoms with E-state index in [0.717, 1.165) is 11.3 Å². The Morgan fingerprint density at radius 3 is 2.23 bits per heavy atom. The normalized spacial score (nSPS) is 11.5. The minimum absolute atomic E-state index is 0.0487. The smallest absolute Gasteiger partial charge is 0.319 e. The first-order valence-electron chi connectivity index (χ1n) is 8.53. The molecule has 0 radical (unpaired) electrons. The highest BCUT2D eigenvalue weighted by Gasteiger charge is 2.24. The number of hydrogen-bond acceptors (Lipinski definition) is 3. The molecule has 6 nitrogen and oxygen atoms in total. The van der Waals surface area contributed by atoms with Crippen molar-refractivity contribution in [2.75, 3.05) is 12.4 Å². The molecule has 0 bridgehead atoms. The fraction of sp³-hybridized carbons (Fsp3) is 0.300. The Hall–Kier alpha value is -3.02. The summed E-state index contributed by atoms with van der Waals surface area (Å²) in [6, 6.07) is 15.5. The molecule has 0 heterocycles. The van der Waals surface area contributed by atoms with Crippen LogP contribution < -0.4 is 20.7 Å². The molecule has 0 saturated carbocycles. The van der Waals surface area contributed by atoms with Crippen molar-refractivity contribution in [1.29, 1.82) is 0 Å². The molecule has 0 spiro atoms. The van der Waals surface area contributed by atoms with Crippen LogP contribution in [0.15, 0.2) is 54.6 Å². The van der Waals surface area contributed by atoms with Gasteiger partial charge in [-0.15, -0.1) is 0 Å². The van der Waals surface area contributed by atoms with Gasteiger partial charge in [0, 0.05) is 12.2 Å². The number of para-hydroxylation sites is 1. The van der Waals surface area contributed by atoms with Gasteiger partial charge in [-0.05, 0) is 35.7 Å². The molecule has 3 amide bonds. The predicted octanol–water partition coefficient (Wildman–Crippen LogP) is 3.16. The van der Waals surface area contributed by atoms with E-state index >= 15 is 0 Å². The summed E-state index contributed by atoms with van der Waals surface area (Å²) in [6.07, 6.45) is 0. The standard InChI is InChI=1S/C20H25N3O3/c1-14(2)18(23-20(25)22-16-7-5-4-6-8-16)19(24)21-13-15-9-11-17(26-3)12-10-15/h4-12,14,18H,13H2,1-3H3,(H,21,24)(H2,22,23,25). The van der Waals surface area contributed by atoms with E-state index in [4.69, 9.17) is 4.74 Å². The van der Waals surface area contributed by atoms with Crippen LogP contribution in [-0.4, -0.2) is 25.1 Å². The third-order valence-corrected chi connectivity index (χ3v) is 3.89. The lowest BCUT2D eigenvalue weighted by Gasteiger charge is -2.22. The van der Waals surface area contributed by atoms with E-state index in [-0.39, 0.29) is 11.8 Å². The molecule has 3 N–H and O–H groups in total. The molecular weight excluding hydrogens is 330 g/mol. The Morgan fingerprint density at radius 1 is 1.00 bits per heavy atom. The molecule has 0 fully saturated rings. The molecule has 2 aromatic rings. The van der Waals surface area contributed by atoms with Crippen LogP contribution in [0.4, 0.5) is 10.5 Å². The van der Waals surface area contributed by atoms with Crippen molar-refractivity contribution >= 4 is 17.6 Å². The molecule has 0 aliphatic carbocycles. The lowest BCUT2D eigenvalue weighted by Crippen LogP contribution is -2.50. The monoisotopic (exact) mass is 355 g/mol. The molecule has 2 aromatic carbocycles. The largest absolute Gasteiger partial charge is 0.497 e. The summed E-state index contributed by atoms with van der Waals surface area (Å²) in [7, 11) is 1.61. The van der Waals surface area contributed by atoms with Crippen molar-refractivity contribution in [2.45, 2.75) is 26.4 Å². The van der Waals surface area contributed by atoms with Crippen LogP contribution in [0, 0.1) is 5.92 Å². The Labute approximate surface area is 153 Å². The number of urea groups is 1. The third kappa shape index (κ3) is 5.81. The van der Waals surface area contributed by atoms with Crippen molar-refractivity contribution in [1.82, 2.24) is 10.6 Å². The molecule has 1 unspecified atom stereocenters. The van der Waals surface area contributed by atoms with Gasteiger partial charge in [0.2, 0.25) is 5.91 Å². The predicted molar refractivity (Wildman–Crippen MR) is 102 cm³/mol. The third-order valence-electron chi connectivity index (χ3n) is 3.89. The van der Waals surface area contributed by atoms with Crippen LogP contribution in [-0.2, 0) is 11.3 Å². The Balaban J connectivity index is 1.90. The number of benzene rings is 2. The molecule has 0 aliphatic rings. The first-order valence-corrected chi connectivity index (χ1v) is 8.53. The maximum Gasteiger partial charge on any atom is 0.319 e. The van der Waals surface area contributed by atoms with E-state index in [9.17, 15) is 9.59 Å². The van der Waals surface area contributed by atoms with Gasteiger partial charge in [-0.3, -0.25) is 4.79 Å². The molecule has 0 aliphatic heterocycles. The zero-order valence-electron chi connectivity index (χ0n) is 15.3. The SMILES string of the molecule is COc1ccc(CNC(=O)C(NC(=O)Nc2ccccc2)C(C)C)cc1.